The van der Waals surface area contributed by atoms with E-state index in [4.69, 9.17) is 15.2 Å². The molecular formula is C15H29N3O2. The lowest BCUT2D eigenvalue weighted by Crippen LogP contribution is -2.44. The molecule has 0 aromatic carbocycles. The highest BCUT2D eigenvalue weighted by Gasteiger charge is 2.32. The molecule has 1 heterocycles. The van der Waals surface area contributed by atoms with Gasteiger partial charge in [-0.05, 0) is 12.8 Å². The Kier molecular flexibility index (Phi) is 6.10. The second kappa shape index (κ2) is 7.84. The van der Waals surface area contributed by atoms with Gasteiger partial charge in [-0.2, -0.15) is 0 Å². The molecule has 2 rings (SSSR count). The predicted molar refractivity (Wildman–Crippen MR) is 80.9 cm³/mol. The van der Waals surface area contributed by atoms with Crippen molar-refractivity contribution in [1.29, 1.82) is 0 Å². The summed E-state index contributed by atoms with van der Waals surface area (Å²) in [6, 6.07) is 0.495. The Balaban J connectivity index is 1.82. The fraction of sp³-hybridized carbons (Fsp3) is 0.933. The van der Waals surface area contributed by atoms with Gasteiger partial charge in [-0.3, -0.25) is 4.99 Å². The Morgan fingerprint density at radius 3 is 2.50 bits per heavy atom. The quantitative estimate of drug-likeness (QED) is 0.469. The number of nitrogens with two attached hydrogens (primary N) is 1. The summed E-state index contributed by atoms with van der Waals surface area (Å²) in [5.74, 6) is 0.569. The highest BCUT2D eigenvalue weighted by molar-refractivity contribution is 5.78. The lowest BCUT2D eigenvalue weighted by molar-refractivity contribution is -0.0828. The van der Waals surface area contributed by atoms with E-state index < -0.39 is 0 Å². The topological polar surface area (TPSA) is 68.9 Å². The van der Waals surface area contributed by atoms with Crippen LogP contribution in [-0.4, -0.2) is 44.5 Å². The number of rotatable bonds is 4. The van der Waals surface area contributed by atoms with Gasteiger partial charge in [-0.15, -0.1) is 0 Å². The van der Waals surface area contributed by atoms with Gasteiger partial charge in [0.05, 0.1) is 12.1 Å². The summed E-state index contributed by atoms with van der Waals surface area (Å²) >= 11 is 0. The zero-order valence-electron chi connectivity index (χ0n) is 12.7. The normalized spacial score (nSPS) is 25.1. The minimum Gasteiger partial charge on any atom is -0.381 e. The first-order valence-corrected chi connectivity index (χ1v) is 7.93. The number of ether oxygens (including phenoxy) is 2. The second-order valence-corrected chi connectivity index (χ2v) is 6.03. The van der Waals surface area contributed by atoms with E-state index in [1.807, 2.05) is 0 Å². The van der Waals surface area contributed by atoms with Crippen LogP contribution in [0.5, 0.6) is 0 Å². The number of guanidine groups is 1. The molecule has 0 unspecified atom stereocenters. The van der Waals surface area contributed by atoms with Crippen molar-refractivity contribution in [1.82, 2.24) is 5.32 Å². The van der Waals surface area contributed by atoms with Crippen LogP contribution in [0.2, 0.25) is 0 Å². The summed E-state index contributed by atoms with van der Waals surface area (Å²) in [6.07, 6.45) is 9.49. The van der Waals surface area contributed by atoms with Gasteiger partial charge in [-0.1, -0.05) is 25.7 Å². The molecule has 0 bridgehead atoms. The van der Waals surface area contributed by atoms with Gasteiger partial charge in [0.1, 0.15) is 0 Å². The third-order valence-electron chi connectivity index (χ3n) is 4.58. The first-order chi connectivity index (χ1) is 9.74. The molecule has 5 heteroatoms. The maximum atomic E-state index is 6.04. The van der Waals surface area contributed by atoms with Crippen LogP contribution in [0.25, 0.3) is 0 Å². The minimum atomic E-state index is -0.187. The summed E-state index contributed by atoms with van der Waals surface area (Å²) < 4.78 is 11.1. The highest BCUT2D eigenvalue weighted by atomic mass is 16.5. The fourth-order valence-corrected chi connectivity index (χ4v) is 3.08. The molecule has 1 saturated carbocycles. The predicted octanol–water partition coefficient (Wildman–Crippen LogP) is 1.81. The van der Waals surface area contributed by atoms with E-state index in [1.54, 1.807) is 7.11 Å². The highest BCUT2D eigenvalue weighted by Crippen LogP contribution is 2.24. The monoisotopic (exact) mass is 283 g/mol. The molecular weight excluding hydrogens is 254 g/mol. The van der Waals surface area contributed by atoms with E-state index in [0.29, 0.717) is 18.5 Å². The molecule has 1 aliphatic carbocycles. The maximum absolute atomic E-state index is 6.04. The van der Waals surface area contributed by atoms with E-state index >= 15 is 0 Å². The Labute approximate surface area is 122 Å². The lowest BCUT2D eigenvalue weighted by Gasteiger charge is -2.34. The molecule has 20 heavy (non-hydrogen) atoms. The van der Waals surface area contributed by atoms with E-state index in [1.165, 1.54) is 38.5 Å². The summed E-state index contributed by atoms with van der Waals surface area (Å²) in [5.41, 5.74) is 5.85. The Hall–Kier alpha value is -0.810. The standard InChI is InChI=1S/C15H29N3O2/c1-19-15(8-10-20-11-9-15)12-17-14(16)18-13-6-4-2-3-5-7-13/h13H,2-12H2,1H3,(H3,16,17,18). The smallest absolute Gasteiger partial charge is 0.188 e. The summed E-state index contributed by atoms with van der Waals surface area (Å²) in [4.78, 5) is 4.52. The molecule has 3 N–H and O–H groups in total. The van der Waals surface area contributed by atoms with Crippen molar-refractivity contribution in [2.75, 3.05) is 26.9 Å². The lowest BCUT2D eigenvalue weighted by atomic mass is 9.94. The average molecular weight is 283 g/mol. The van der Waals surface area contributed by atoms with Crippen molar-refractivity contribution >= 4 is 5.96 Å². The minimum absolute atomic E-state index is 0.187. The zero-order valence-corrected chi connectivity index (χ0v) is 12.7. The van der Waals surface area contributed by atoms with Crippen LogP contribution in [0.1, 0.15) is 51.4 Å². The molecule has 116 valence electrons. The van der Waals surface area contributed by atoms with Crippen molar-refractivity contribution in [2.24, 2.45) is 10.7 Å². The van der Waals surface area contributed by atoms with Gasteiger partial charge in [0.2, 0.25) is 0 Å². The Morgan fingerprint density at radius 1 is 1.25 bits per heavy atom. The number of nitrogens with one attached hydrogen (secondary N) is 1. The van der Waals surface area contributed by atoms with Gasteiger partial charge in [-0.25, -0.2) is 0 Å². The summed E-state index contributed by atoms with van der Waals surface area (Å²) in [5, 5.41) is 3.38. The number of hydrogen-bond donors (Lipinski definition) is 2. The van der Waals surface area contributed by atoms with Crippen LogP contribution < -0.4 is 11.1 Å². The van der Waals surface area contributed by atoms with Crippen LogP contribution in [0.4, 0.5) is 0 Å². The molecule has 2 aliphatic rings. The van der Waals surface area contributed by atoms with Crippen molar-refractivity contribution < 1.29 is 9.47 Å². The van der Waals surface area contributed by atoms with Crippen LogP contribution in [-0.2, 0) is 9.47 Å². The molecule has 0 spiro atoms. The number of hydrogen-bond acceptors (Lipinski definition) is 3. The first kappa shape index (κ1) is 15.6. The third kappa shape index (κ3) is 4.63. The molecule has 0 atom stereocenters. The molecule has 0 radical (unpaired) electrons. The maximum Gasteiger partial charge on any atom is 0.188 e. The van der Waals surface area contributed by atoms with Crippen LogP contribution in [0.15, 0.2) is 4.99 Å². The van der Waals surface area contributed by atoms with E-state index in [2.05, 4.69) is 10.3 Å². The third-order valence-corrected chi connectivity index (χ3v) is 4.58. The van der Waals surface area contributed by atoms with Crippen molar-refractivity contribution in [3.8, 4) is 0 Å². The molecule has 0 aromatic rings. The molecule has 0 amide bonds. The fourth-order valence-electron chi connectivity index (χ4n) is 3.08. The Bertz CT molecular complexity index is 306. The number of aliphatic imine (C=N–C) groups is 1. The van der Waals surface area contributed by atoms with E-state index in [-0.39, 0.29) is 5.60 Å². The van der Waals surface area contributed by atoms with Crippen molar-refractivity contribution in [3.63, 3.8) is 0 Å². The summed E-state index contributed by atoms with van der Waals surface area (Å²) in [6.45, 7) is 2.12. The van der Waals surface area contributed by atoms with E-state index in [0.717, 1.165) is 26.1 Å². The average Bonchev–Trinajstić information content (AvgIpc) is 2.75. The van der Waals surface area contributed by atoms with Crippen LogP contribution in [0.3, 0.4) is 0 Å². The van der Waals surface area contributed by atoms with Crippen molar-refractivity contribution in [2.45, 2.75) is 63.0 Å². The molecule has 0 aromatic heterocycles. The molecule has 5 nitrogen and oxygen atoms in total. The molecule has 1 saturated heterocycles. The largest absolute Gasteiger partial charge is 0.381 e. The van der Waals surface area contributed by atoms with Crippen LogP contribution >= 0.6 is 0 Å². The molecule has 1 aliphatic heterocycles. The van der Waals surface area contributed by atoms with E-state index in [9.17, 15) is 0 Å². The first-order valence-electron chi connectivity index (χ1n) is 7.93. The van der Waals surface area contributed by atoms with Gasteiger partial charge < -0.3 is 20.5 Å². The number of nitrogens with zero attached hydrogens (tertiary/aromatic N) is 1. The number of methoxy groups -OCH3 is 1. The van der Waals surface area contributed by atoms with Crippen LogP contribution in [0, 0.1) is 0 Å². The Morgan fingerprint density at radius 2 is 1.90 bits per heavy atom. The van der Waals surface area contributed by atoms with Crippen molar-refractivity contribution in [3.05, 3.63) is 0 Å². The SMILES string of the molecule is COC1(CN=C(N)NC2CCCCCC2)CCOCC1. The van der Waals surface area contributed by atoms with Gasteiger partial charge in [0.25, 0.3) is 0 Å². The summed E-state index contributed by atoms with van der Waals surface area (Å²) in [7, 11) is 1.76. The zero-order chi connectivity index (χ0) is 14.3. The van der Waals surface area contributed by atoms with Gasteiger partial charge >= 0.3 is 0 Å². The second-order valence-electron chi connectivity index (χ2n) is 6.03. The van der Waals surface area contributed by atoms with Gasteiger partial charge in [0, 0.05) is 39.2 Å². The van der Waals surface area contributed by atoms with Gasteiger partial charge in [0.15, 0.2) is 5.96 Å². The molecule has 2 fully saturated rings.